The number of benzene rings is 1. The van der Waals surface area contributed by atoms with E-state index in [1.54, 1.807) is 0 Å². The number of anilines is 2. The molecule has 1 fully saturated rings. The molecule has 1 atom stereocenters. The first-order valence-corrected chi connectivity index (χ1v) is 8.54. The van der Waals surface area contributed by atoms with E-state index in [9.17, 15) is 0 Å². The van der Waals surface area contributed by atoms with Crippen molar-refractivity contribution in [2.45, 2.75) is 39.7 Å². The smallest absolute Gasteiger partial charge is 0.134 e. The van der Waals surface area contributed by atoms with Gasteiger partial charge in [-0.15, -0.1) is 0 Å². The summed E-state index contributed by atoms with van der Waals surface area (Å²) in [6.45, 7) is 8.64. The molecule has 4 nitrogen and oxygen atoms in total. The van der Waals surface area contributed by atoms with E-state index in [1.165, 1.54) is 18.4 Å². The number of piperidine rings is 1. The molecule has 0 saturated carbocycles. The highest BCUT2D eigenvalue weighted by atomic mass is 15.2. The molecule has 1 unspecified atom stereocenters. The Morgan fingerprint density at radius 1 is 1.13 bits per heavy atom. The van der Waals surface area contributed by atoms with Gasteiger partial charge in [0.1, 0.15) is 17.5 Å². The van der Waals surface area contributed by atoms with Crippen molar-refractivity contribution >= 4 is 11.6 Å². The average molecular weight is 310 g/mol. The fourth-order valence-electron chi connectivity index (χ4n) is 3.07. The standard InChI is InChI=1S/C19H26N4/c1-14-9-11-23(12-10-14)19-13-18(21-16(3)22-19)20-15(2)17-7-5-4-6-8-17/h4-8,13-15H,9-12H2,1-3H3,(H,20,21,22). The second-order valence-corrected chi connectivity index (χ2v) is 6.60. The molecule has 1 aliphatic heterocycles. The lowest BCUT2D eigenvalue weighted by atomic mass is 9.99. The van der Waals surface area contributed by atoms with Crippen molar-refractivity contribution in [2.75, 3.05) is 23.3 Å². The maximum absolute atomic E-state index is 4.64. The molecule has 1 saturated heterocycles. The van der Waals surface area contributed by atoms with Crippen LogP contribution in [0, 0.1) is 12.8 Å². The molecule has 23 heavy (non-hydrogen) atoms. The lowest BCUT2D eigenvalue weighted by Gasteiger charge is -2.31. The summed E-state index contributed by atoms with van der Waals surface area (Å²) in [7, 11) is 0. The van der Waals surface area contributed by atoms with Crippen LogP contribution in [0.2, 0.25) is 0 Å². The molecule has 122 valence electrons. The molecular weight excluding hydrogens is 284 g/mol. The van der Waals surface area contributed by atoms with Crippen LogP contribution in [0.15, 0.2) is 36.4 Å². The minimum absolute atomic E-state index is 0.222. The highest BCUT2D eigenvalue weighted by Gasteiger charge is 2.18. The van der Waals surface area contributed by atoms with Crippen molar-refractivity contribution in [1.29, 1.82) is 0 Å². The summed E-state index contributed by atoms with van der Waals surface area (Å²) < 4.78 is 0. The van der Waals surface area contributed by atoms with E-state index in [1.807, 2.05) is 13.0 Å². The Balaban J connectivity index is 1.75. The number of rotatable bonds is 4. The first-order valence-electron chi connectivity index (χ1n) is 8.54. The first-order chi connectivity index (χ1) is 11.1. The lowest BCUT2D eigenvalue weighted by Crippen LogP contribution is -2.33. The number of hydrogen-bond donors (Lipinski definition) is 1. The molecule has 0 aliphatic carbocycles. The number of nitrogens with zero attached hydrogens (tertiary/aromatic N) is 3. The van der Waals surface area contributed by atoms with Gasteiger partial charge in [-0.1, -0.05) is 37.3 Å². The summed E-state index contributed by atoms with van der Waals surface area (Å²) in [6, 6.07) is 12.8. The van der Waals surface area contributed by atoms with E-state index in [2.05, 4.69) is 64.4 Å². The van der Waals surface area contributed by atoms with E-state index >= 15 is 0 Å². The van der Waals surface area contributed by atoms with E-state index in [0.717, 1.165) is 36.5 Å². The van der Waals surface area contributed by atoms with E-state index in [4.69, 9.17) is 0 Å². The molecule has 4 heteroatoms. The van der Waals surface area contributed by atoms with Crippen molar-refractivity contribution in [3.8, 4) is 0 Å². The Hall–Kier alpha value is -2.10. The summed E-state index contributed by atoms with van der Waals surface area (Å²) in [5.41, 5.74) is 1.26. The Morgan fingerprint density at radius 3 is 2.52 bits per heavy atom. The van der Waals surface area contributed by atoms with Gasteiger partial charge in [0.15, 0.2) is 0 Å². The third-order valence-corrected chi connectivity index (χ3v) is 4.60. The molecule has 1 aromatic heterocycles. The van der Waals surface area contributed by atoms with Crippen molar-refractivity contribution in [2.24, 2.45) is 5.92 Å². The number of hydrogen-bond acceptors (Lipinski definition) is 4. The monoisotopic (exact) mass is 310 g/mol. The van der Waals surface area contributed by atoms with Crippen LogP contribution in [0.4, 0.5) is 11.6 Å². The summed E-state index contributed by atoms with van der Waals surface area (Å²) in [5, 5.41) is 3.51. The third-order valence-electron chi connectivity index (χ3n) is 4.60. The maximum atomic E-state index is 4.64. The molecule has 0 radical (unpaired) electrons. The third kappa shape index (κ3) is 4.01. The molecule has 1 aliphatic rings. The predicted octanol–water partition coefficient (Wildman–Crippen LogP) is 4.19. The van der Waals surface area contributed by atoms with Gasteiger partial charge in [0.25, 0.3) is 0 Å². The summed E-state index contributed by atoms with van der Waals surface area (Å²) >= 11 is 0. The quantitative estimate of drug-likeness (QED) is 0.919. The zero-order valence-corrected chi connectivity index (χ0v) is 14.3. The SMILES string of the molecule is Cc1nc(NC(C)c2ccccc2)cc(N2CCC(C)CC2)n1. The second-order valence-electron chi connectivity index (χ2n) is 6.60. The Labute approximate surface area is 139 Å². The molecule has 3 rings (SSSR count). The van der Waals surface area contributed by atoms with E-state index in [-0.39, 0.29) is 6.04 Å². The van der Waals surface area contributed by atoms with Gasteiger partial charge in [-0.3, -0.25) is 0 Å². The van der Waals surface area contributed by atoms with Crippen molar-refractivity contribution < 1.29 is 0 Å². The van der Waals surface area contributed by atoms with Crippen LogP contribution in [0.1, 0.15) is 44.1 Å². The molecule has 2 aromatic rings. The van der Waals surface area contributed by atoms with Crippen molar-refractivity contribution in [1.82, 2.24) is 9.97 Å². The van der Waals surface area contributed by atoms with Crippen LogP contribution in [0.25, 0.3) is 0 Å². The van der Waals surface area contributed by atoms with Gasteiger partial charge in [0.2, 0.25) is 0 Å². The van der Waals surface area contributed by atoms with Gasteiger partial charge in [-0.2, -0.15) is 0 Å². The summed E-state index contributed by atoms with van der Waals surface area (Å²) in [4.78, 5) is 11.6. The van der Waals surface area contributed by atoms with Crippen molar-refractivity contribution in [3.63, 3.8) is 0 Å². The topological polar surface area (TPSA) is 41.1 Å². The van der Waals surface area contributed by atoms with Crippen LogP contribution in [-0.2, 0) is 0 Å². The fraction of sp³-hybridized carbons (Fsp3) is 0.474. The van der Waals surface area contributed by atoms with Crippen LogP contribution in [-0.4, -0.2) is 23.1 Å². The Kier molecular flexibility index (Phi) is 4.79. The fourth-order valence-corrected chi connectivity index (χ4v) is 3.07. The Bertz CT molecular complexity index is 633. The van der Waals surface area contributed by atoms with Gasteiger partial charge >= 0.3 is 0 Å². The molecule has 1 N–H and O–H groups in total. The molecule has 0 spiro atoms. The highest BCUT2D eigenvalue weighted by Crippen LogP contribution is 2.25. The van der Waals surface area contributed by atoms with Gasteiger partial charge in [-0.05, 0) is 38.2 Å². The van der Waals surface area contributed by atoms with Crippen molar-refractivity contribution in [3.05, 3.63) is 47.8 Å². The number of aromatic nitrogens is 2. The minimum atomic E-state index is 0.222. The molecule has 1 aromatic carbocycles. The van der Waals surface area contributed by atoms with Crippen LogP contribution < -0.4 is 10.2 Å². The van der Waals surface area contributed by atoms with E-state index < -0.39 is 0 Å². The summed E-state index contributed by atoms with van der Waals surface area (Å²) in [5.74, 6) is 3.60. The van der Waals surface area contributed by atoms with Crippen LogP contribution >= 0.6 is 0 Å². The molecule has 0 bridgehead atoms. The summed E-state index contributed by atoms with van der Waals surface area (Å²) in [6.07, 6.45) is 2.48. The first kappa shape index (κ1) is 15.8. The number of nitrogens with one attached hydrogen (secondary N) is 1. The minimum Gasteiger partial charge on any atom is -0.363 e. The van der Waals surface area contributed by atoms with E-state index in [0.29, 0.717) is 0 Å². The lowest BCUT2D eigenvalue weighted by molar-refractivity contribution is 0.436. The number of aryl methyl sites for hydroxylation is 1. The zero-order chi connectivity index (χ0) is 16.2. The Morgan fingerprint density at radius 2 is 1.83 bits per heavy atom. The zero-order valence-electron chi connectivity index (χ0n) is 14.3. The normalized spacial score (nSPS) is 17.1. The largest absolute Gasteiger partial charge is 0.363 e. The molecular formula is C19H26N4. The second kappa shape index (κ2) is 6.99. The highest BCUT2D eigenvalue weighted by molar-refractivity contribution is 5.50. The maximum Gasteiger partial charge on any atom is 0.134 e. The van der Waals surface area contributed by atoms with Crippen LogP contribution in [0.3, 0.4) is 0 Å². The van der Waals surface area contributed by atoms with Gasteiger partial charge in [-0.25, -0.2) is 9.97 Å². The van der Waals surface area contributed by atoms with Gasteiger partial charge in [0, 0.05) is 25.2 Å². The molecule has 0 amide bonds. The molecule has 2 heterocycles. The predicted molar refractivity (Wildman–Crippen MR) is 95.9 cm³/mol. The average Bonchev–Trinajstić information content (AvgIpc) is 2.56. The van der Waals surface area contributed by atoms with Gasteiger partial charge in [0.05, 0.1) is 0 Å². The van der Waals surface area contributed by atoms with Gasteiger partial charge < -0.3 is 10.2 Å². The van der Waals surface area contributed by atoms with Crippen LogP contribution in [0.5, 0.6) is 0 Å².